The van der Waals surface area contributed by atoms with Crippen LogP contribution in [0, 0.1) is 0 Å². The highest BCUT2D eigenvalue weighted by Crippen LogP contribution is 2.63. The van der Waals surface area contributed by atoms with E-state index in [-0.39, 0.29) is 40.2 Å². The van der Waals surface area contributed by atoms with Gasteiger partial charge in [0.15, 0.2) is 35.0 Å². The third-order valence-electron chi connectivity index (χ3n) is 10.5. The Kier molecular flexibility index (Phi) is 5.75. The SMILES string of the molecule is CC(=O)[C@@]1(O)[C@H](C)O[C@@H](O[C@@H]2c3cc4c(c(O)c3[C@@H]3C[C@@]2(C)O[C@@]32C=C3CCN=C3N2)C(=O)c2cccc(O)c2C4=O)C[C@@H]1O. The largest absolute Gasteiger partial charge is 0.507 e. The van der Waals surface area contributed by atoms with Gasteiger partial charge in [0.2, 0.25) is 0 Å². The number of aliphatic imine (C=N–C) groups is 1. The molecule has 8 rings (SSSR count). The van der Waals surface area contributed by atoms with E-state index in [9.17, 15) is 34.8 Å². The second-order valence-corrected chi connectivity index (χ2v) is 13.1. The van der Waals surface area contributed by atoms with Crippen molar-refractivity contribution >= 4 is 23.2 Å². The van der Waals surface area contributed by atoms with E-state index in [2.05, 4.69) is 10.3 Å². The first-order valence-corrected chi connectivity index (χ1v) is 15.1. The Morgan fingerprint density at radius 1 is 1.16 bits per heavy atom. The number of carbonyl (C=O) groups excluding carboxylic acids is 3. The Morgan fingerprint density at radius 2 is 1.91 bits per heavy atom. The van der Waals surface area contributed by atoms with Gasteiger partial charge in [-0.1, -0.05) is 12.1 Å². The molecule has 2 fully saturated rings. The van der Waals surface area contributed by atoms with Crippen LogP contribution in [0.5, 0.6) is 11.5 Å². The number of nitrogens with zero attached hydrogens (tertiary/aromatic N) is 1. The van der Waals surface area contributed by atoms with Gasteiger partial charge in [0.05, 0.1) is 28.9 Å². The molecule has 0 amide bonds. The number of rotatable bonds is 3. The molecule has 2 aromatic carbocycles. The van der Waals surface area contributed by atoms with Gasteiger partial charge in [0.1, 0.15) is 23.4 Å². The van der Waals surface area contributed by atoms with Crippen LogP contribution in [0.2, 0.25) is 0 Å². The second-order valence-electron chi connectivity index (χ2n) is 13.1. The highest BCUT2D eigenvalue weighted by Gasteiger charge is 2.65. The minimum absolute atomic E-state index is 0.00452. The van der Waals surface area contributed by atoms with Crippen LogP contribution in [0.4, 0.5) is 0 Å². The fourth-order valence-corrected chi connectivity index (χ4v) is 8.28. The summed E-state index contributed by atoms with van der Waals surface area (Å²) in [7, 11) is 0. The average molecular weight is 617 g/mol. The third kappa shape index (κ3) is 3.59. The van der Waals surface area contributed by atoms with Gasteiger partial charge in [-0.2, -0.15) is 0 Å². The van der Waals surface area contributed by atoms with E-state index in [0.29, 0.717) is 29.9 Å². The van der Waals surface area contributed by atoms with Gasteiger partial charge in [0.25, 0.3) is 0 Å². The molecule has 12 heteroatoms. The lowest BCUT2D eigenvalue weighted by Crippen LogP contribution is -2.62. The molecule has 8 atom stereocenters. The zero-order valence-corrected chi connectivity index (χ0v) is 24.8. The lowest BCUT2D eigenvalue weighted by atomic mass is 9.69. The smallest absolute Gasteiger partial charge is 0.198 e. The van der Waals surface area contributed by atoms with E-state index in [1.165, 1.54) is 38.1 Å². The van der Waals surface area contributed by atoms with E-state index in [4.69, 9.17) is 14.2 Å². The van der Waals surface area contributed by atoms with Crippen LogP contribution < -0.4 is 5.32 Å². The quantitative estimate of drug-likeness (QED) is 0.290. The molecule has 234 valence electrons. The van der Waals surface area contributed by atoms with Crippen molar-refractivity contribution in [2.24, 2.45) is 4.99 Å². The van der Waals surface area contributed by atoms with Crippen molar-refractivity contribution in [3.8, 4) is 11.5 Å². The first-order valence-electron chi connectivity index (χ1n) is 15.1. The minimum Gasteiger partial charge on any atom is -0.507 e. The van der Waals surface area contributed by atoms with E-state index < -0.39 is 64.8 Å². The molecule has 0 aromatic heterocycles. The van der Waals surface area contributed by atoms with Gasteiger partial charge in [-0.05, 0) is 63.0 Å². The van der Waals surface area contributed by atoms with E-state index >= 15 is 0 Å². The zero-order valence-electron chi connectivity index (χ0n) is 24.8. The van der Waals surface area contributed by atoms with Crippen LogP contribution in [0.15, 0.2) is 40.9 Å². The van der Waals surface area contributed by atoms with Gasteiger partial charge in [-0.25, -0.2) is 0 Å². The van der Waals surface area contributed by atoms with Crippen molar-refractivity contribution in [3.05, 3.63) is 69.3 Å². The molecule has 2 saturated heterocycles. The van der Waals surface area contributed by atoms with Crippen molar-refractivity contribution in [1.82, 2.24) is 5.32 Å². The van der Waals surface area contributed by atoms with Gasteiger partial charge in [-0.15, -0.1) is 0 Å². The molecule has 0 radical (unpaired) electrons. The summed E-state index contributed by atoms with van der Waals surface area (Å²) in [6.07, 6.45) is -1.93. The normalized spacial score (nSPS) is 37.4. The van der Waals surface area contributed by atoms with Crippen molar-refractivity contribution in [3.63, 3.8) is 0 Å². The lowest BCUT2D eigenvalue weighted by Gasteiger charge is -2.46. The number of amidine groups is 1. The molecule has 0 unspecified atom stereocenters. The van der Waals surface area contributed by atoms with Crippen LogP contribution in [0.25, 0.3) is 0 Å². The molecule has 5 N–H and O–H groups in total. The molecular weight excluding hydrogens is 584 g/mol. The molecule has 0 saturated carbocycles. The number of aromatic hydroxyl groups is 2. The predicted octanol–water partition coefficient (Wildman–Crippen LogP) is 2.05. The monoisotopic (exact) mass is 616 g/mol. The topological polar surface area (TPSA) is 184 Å². The number of ketones is 3. The molecular formula is C33H32N2O10. The number of hydrogen-bond acceptors (Lipinski definition) is 12. The van der Waals surface area contributed by atoms with Crippen molar-refractivity contribution in [2.45, 2.75) is 87.5 Å². The Hall–Kier alpha value is -3.94. The van der Waals surface area contributed by atoms with Gasteiger partial charge >= 0.3 is 0 Å². The number of nitrogens with one attached hydrogen (secondary N) is 1. The number of aliphatic hydroxyl groups excluding tert-OH is 1. The summed E-state index contributed by atoms with van der Waals surface area (Å²) in [6, 6.07) is 5.76. The number of ether oxygens (including phenoxy) is 3. The molecule has 2 aromatic rings. The van der Waals surface area contributed by atoms with Crippen molar-refractivity contribution < 1.29 is 49.0 Å². The molecule has 2 aliphatic carbocycles. The van der Waals surface area contributed by atoms with Crippen molar-refractivity contribution in [2.75, 3.05) is 6.54 Å². The number of phenols is 2. The summed E-state index contributed by atoms with van der Waals surface area (Å²) < 4.78 is 19.3. The van der Waals surface area contributed by atoms with Gasteiger partial charge in [-0.3, -0.25) is 19.4 Å². The van der Waals surface area contributed by atoms with E-state index in [1.54, 1.807) is 0 Å². The molecule has 45 heavy (non-hydrogen) atoms. The maximum Gasteiger partial charge on any atom is 0.198 e. The number of aliphatic hydroxyl groups is 2. The molecule has 1 spiro atoms. The molecule has 4 heterocycles. The summed E-state index contributed by atoms with van der Waals surface area (Å²) in [6.45, 7) is 5.13. The summed E-state index contributed by atoms with van der Waals surface area (Å²) >= 11 is 0. The Bertz CT molecular complexity index is 1800. The fraction of sp³-hybridized carbons (Fsp3) is 0.455. The maximum atomic E-state index is 13.8. The number of carbonyl (C=O) groups is 3. The second kappa shape index (κ2) is 9.08. The van der Waals surface area contributed by atoms with Crippen LogP contribution in [-0.2, 0) is 19.0 Å². The fourth-order valence-electron chi connectivity index (χ4n) is 8.28. The zero-order chi connectivity index (χ0) is 31.8. The lowest BCUT2D eigenvalue weighted by molar-refractivity contribution is -0.301. The number of benzene rings is 2. The highest BCUT2D eigenvalue weighted by molar-refractivity contribution is 6.30. The molecule has 6 aliphatic rings. The van der Waals surface area contributed by atoms with Crippen molar-refractivity contribution in [1.29, 1.82) is 0 Å². The molecule has 2 bridgehead atoms. The maximum absolute atomic E-state index is 13.8. The number of Topliss-reactive ketones (excluding diaryl/α,β-unsaturated/α-hetero) is 1. The van der Waals surface area contributed by atoms with Crippen LogP contribution in [-0.4, -0.2) is 85.6 Å². The van der Waals surface area contributed by atoms with Gasteiger partial charge in [0, 0.05) is 35.6 Å². The van der Waals surface area contributed by atoms with Gasteiger partial charge < -0.3 is 40.0 Å². The average Bonchev–Trinajstić information content (AvgIpc) is 3.62. The predicted molar refractivity (Wildman–Crippen MR) is 155 cm³/mol. The first kappa shape index (κ1) is 28.5. The summed E-state index contributed by atoms with van der Waals surface area (Å²) in [4.78, 5) is 44.4. The number of hydrogen-bond donors (Lipinski definition) is 5. The Balaban J connectivity index is 1.29. The number of phenolic OH excluding ortho intramolecular Hbond substituents is 2. The highest BCUT2D eigenvalue weighted by atomic mass is 16.7. The first-order chi connectivity index (χ1) is 21.3. The summed E-state index contributed by atoms with van der Waals surface area (Å²) in [5.41, 5.74) is -2.98. The third-order valence-corrected chi connectivity index (χ3v) is 10.5. The number of fused-ring (bicyclic) bond motifs is 8. The van der Waals surface area contributed by atoms with Crippen LogP contribution in [0.1, 0.15) is 95.0 Å². The standard InChI is InChI=1S/C33H32N2O10/c1-13(36)33(42)14(2)43-22(10-21(33)38)44-29-18-9-17-25(26(39)16-5-4-6-20(37)24(16)27(17)40)28(41)23(18)19-12-31(29,3)45-32(19)11-15-7-8-34-30(15)35-32/h4-6,9,11,14,19,21-22,29,37-38,41-42H,7-8,10,12H2,1-3H3,(H,34,35)/t14-,19-,21-,22-,29+,31+,32-,33+/m0/s1. The van der Waals surface area contributed by atoms with Crippen LogP contribution >= 0.6 is 0 Å². The Labute approximate surface area is 257 Å². The summed E-state index contributed by atoms with van der Waals surface area (Å²) in [5.74, 6) is -2.39. The van der Waals surface area contributed by atoms with E-state index in [1.807, 2.05) is 13.0 Å². The molecule has 4 aliphatic heterocycles. The van der Waals surface area contributed by atoms with E-state index in [0.717, 1.165) is 12.0 Å². The summed E-state index contributed by atoms with van der Waals surface area (Å²) in [5, 5.41) is 47.7. The molecule has 12 nitrogen and oxygen atoms in total. The minimum atomic E-state index is -2.12. The van der Waals surface area contributed by atoms with Crippen LogP contribution in [0.3, 0.4) is 0 Å². The Morgan fingerprint density at radius 3 is 2.62 bits per heavy atom.